The van der Waals surface area contributed by atoms with Crippen molar-refractivity contribution < 1.29 is 71.6 Å². The summed E-state index contributed by atoms with van der Waals surface area (Å²) in [4.78, 5) is 85.3. The third-order valence-corrected chi connectivity index (χ3v) is 12.3. The Morgan fingerprint density at radius 3 is 2.42 bits per heavy atom. The fourth-order valence-electron chi connectivity index (χ4n) is 6.65. The molecule has 0 aliphatic carbocycles. The quantitative estimate of drug-likeness (QED) is 0.0346. The molecule has 6 rings (SSSR count). The third-order valence-electron chi connectivity index (χ3n) is 9.59. The van der Waals surface area contributed by atoms with E-state index in [-0.39, 0.29) is 53.7 Å². The number of fused-ring (bicyclic) bond motifs is 1. The van der Waals surface area contributed by atoms with Gasteiger partial charge in [-0.3, -0.25) is 23.0 Å². The Morgan fingerprint density at radius 2 is 1.71 bits per heavy atom. The summed E-state index contributed by atoms with van der Waals surface area (Å²) in [6.07, 6.45) is -7.34. The average Bonchev–Trinajstić information content (AvgIpc) is 3.89. The lowest BCUT2D eigenvalue weighted by molar-refractivity contribution is -0.160. The first-order valence-corrected chi connectivity index (χ1v) is 22.0. The molecule has 2 aliphatic heterocycles. The van der Waals surface area contributed by atoms with Crippen molar-refractivity contribution in [3.8, 4) is 5.75 Å². The van der Waals surface area contributed by atoms with Gasteiger partial charge in [0.25, 0.3) is 0 Å². The fraction of sp³-hybridized carbons (Fsp3) is 0.441. The van der Waals surface area contributed by atoms with Crippen LogP contribution in [0.2, 0.25) is 5.02 Å². The summed E-state index contributed by atoms with van der Waals surface area (Å²) in [5.74, 6) is -1.58. The second-order valence-corrected chi connectivity index (χ2v) is 17.4. The number of anilines is 2. The van der Waals surface area contributed by atoms with Crippen LogP contribution in [0.25, 0.3) is 11.2 Å². The number of rotatable bonds is 19. The van der Waals surface area contributed by atoms with Gasteiger partial charge in [0.15, 0.2) is 30.0 Å². The van der Waals surface area contributed by atoms with Crippen molar-refractivity contribution in [2.75, 3.05) is 31.3 Å². The first-order valence-electron chi connectivity index (χ1n) is 18.5. The SMILES string of the molecule is C=CCCC(=O)N[C@@H](CCOc1ccccc1Cl)C(=O)O[C@H]1[C@@H](O)[C@H](n2cnc3c(N)ncnc32)O[C@@H]1COP(=O)(O)[C@@H]1C(COP(=O)(O)O)O[C@@H](n2ccc(N)nc2=O)[C@@H]1O. The van der Waals surface area contributed by atoms with E-state index in [9.17, 15) is 48.4 Å². The van der Waals surface area contributed by atoms with Crippen LogP contribution in [0.4, 0.5) is 11.6 Å². The van der Waals surface area contributed by atoms with Gasteiger partial charge in [-0.05, 0) is 24.6 Å². The van der Waals surface area contributed by atoms with Crippen LogP contribution in [0.15, 0.2) is 66.6 Å². The van der Waals surface area contributed by atoms with Gasteiger partial charge in [-0.1, -0.05) is 29.8 Å². The van der Waals surface area contributed by atoms with Gasteiger partial charge in [-0.15, -0.1) is 6.58 Å². The Labute approximate surface area is 355 Å². The number of carbonyl (C=O) groups is 2. The molecule has 0 spiro atoms. The first-order chi connectivity index (χ1) is 29.4. The number of nitrogens with two attached hydrogens (primary N) is 2. The molecule has 1 amide bonds. The van der Waals surface area contributed by atoms with Crippen LogP contribution in [-0.2, 0) is 42.0 Å². The van der Waals surface area contributed by atoms with Crippen LogP contribution < -0.4 is 27.2 Å². The molecule has 2 saturated heterocycles. The Morgan fingerprint density at radius 1 is 1.00 bits per heavy atom. The predicted octanol–water partition coefficient (Wildman–Crippen LogP) is -0.0706. The Bertz CT molecular complexity index is 2420. The number of hydrogen-bond donors (Lipinski definition) is 8. The lowest BCUT2D eigenvalue weighted by Crippen LogP contribution is -2.47. The lowest BCUT2D eigenvalue weighted by atomic mass is 10.1. The molecule has 3 aromatic heterocycles. The molecule has 2 unspecified atom stereocenters. The second kappa shape index (κ2) is 19.7. The van der Waals surface area contributed by atoms with Gasteiger partial charge in [-0.2, -0.15) is 4.98 Å². The van der Waals surface area contributed by atoms with E-state index in [1.54, 1.807) is 24.3 Å². The maximum Gasteiger partial charge on any atom is 0.469 e. The molecule has 10 atom stereocenters. The van der Waals surface area contributed by atoms with E-state index >= 15 is 0 Å². The van der Waals surface area contributed by atoms with Gasteiger partial charge in [-0.25, -0.2) is 29.1 Å². The zero-order valence-corrected chi connectivity index (χ0v) is 34.7. The molecule has 10 N–H and O–H groups in total. The van der Waals surface area contributed by atoms with Crippen molar-refractivity contribution >= 4 is 61.7 Å². The highest BCUT2D eigenvalue weighted by Gasteiger charge is 2.56. The number of esters is 1. The number of nitrogens with one attached hydrogen (secondary N) is 1. The molecule has 25 nitrogen and oxygen atoms in total. The normalized spacial score (nSPS) is 25.3. The molecular weight excluding hydrogens is 888 g/mol. The zero-order chi connectivity index (χ0) is 44.9. The summed E-state index contributed by atoms with van der Waals surface area (Å²) in [6.45, 7) is 1.39. The number of aliphatic hydroxyl groups is 2. The van der Waals surface area contributed by atoms with Crippen LogP contribution in [0.3, 0.4) is 0 Å². The molecule has 1 aromatic carbocycles. The van der Waals surface area contributed by atoms with E-state index in [0.717, 1.165) is 23.2 Å². The summed E-state index contributed by atoms with van der Waals surface area (Å²) >= 11 is 6.20. The van der Waals surface area contributed by atoms with Crippen molar-refractivity contribution in [3.05, 3.63) is 77.3 Å². The maximum atomic E-state index is 14.1. The molecule has 0 saturated carbocycles. The number of halogens is 1. The number of ether oxygens (including phenoxy) is 4. The molecule has 5 heterocycles. The number of aromatic nitrogens is 6. The third kappa shape index (κ3) is 10.8. The highest BCUT2D eigenvalue weighted by Crippen LogP contribution is 2.56. The number of amides is 1. The zero-order valence-electron chi connectivity index (χ0n) is 32.2. The van der Waals surface area contributed by atoms with E-state index in [4.69, 9.17) is 46.5 Å². The molecule has 28 heteroatoms. The number of phosphoric acid groups is 1. The lowest BCUT2D eigenvalue weighted by Gasteiger charge is -2.27. The van der Waals surface area contributed by atoms with E-state index in [0.29, 0.717) is 5.75 Å². The summed E-state index contributed by atoms with van der Waals surface area (Å²) in [5.41, 5.74) is 8.59. The highest BCUT2D eigenvalue weighted by molar-refractivity contribution is 7.53. The summed E-state index contributed by atoms with van der Waals surface area (Å²) in [6, 6.07) is 6.30. The molecule has 62 heavy (non-hydrogen) atoms. The van der Waals surface area contributed by atoms with Gasteiger partial charge in [0.1, 0.15) is 59.5 Å². The van der Waals surface area contributed by atoms with Crippen LogP contribution >= 0.6 is 27.0 Å². The molecule has 0 bridgehead atoms. The number of imidazole rings is 1. The second-order valence-electron chi connectivity index (χ2n) is 13.8. The highest BCUT2D eigenvalue weighted by atomic mass is 35.5. The Kier molecular flexibility index (Phi) is 14.8. The van der Waals surface area contributed by atoms with Crippen molar-refractivity contribution in [3.63, 3.8) is 0 Å². The smallest absolute Gasteiger partial charge is 0.469 e. The Balaban J connectivity index is 1.27. The predicted molar refractivity (Wildman–Crippen MR) is 213 cm³/mol. The van der Waals surface area contributed by atoms with Crippen molar-refractivity contribution in [2.45, 2.75) is 73.9 Å². The topological polar surface area (TPSA) is 367 Å². The largest absolute Gasteiger partial charge is 0.492 e. The summed E-state index contributed by atoms with van der Waals surface area (Å²) in [7, 11) is -10.5. The molecule has 2 fully saturated rings. The number of nitrogen functional groups attached to an aromatic ring is 2. The van der Waals surface area contributed by atoms with Crippen LogP contribution in [0, 0.1) is 0 Å². The minimum atomic E-state index is -5.29. The number of phosphoric ester groups is 1. The van der Waals surface area contributed by atoms with Gasteiger partial charge < -0.3 is 65.1 Å². The molecular formula is C34H42ClN9O16P2. The van der Waals surface area contributed by atoms with E-state index in [2.05, 4.69) is 36.4 Å². The van der Waals surface area contributed by atoms with Crippen molar-refractivity contribution in [2.24, 2.45) is 0 Å². The number of carbonyl (C=O) groups excluding carboxylic acids is 2. The number of aliphatic hydroxyl groups excluding tert-OH is 2. The maximum absolute atomic E-state index is 14.1. The number of hydrogen-bond acceptors (Lipinski definition) is 19. The van der Waals surface area contributed by atoms with Crippen LogP contribution in [0.5, 0.6) is 5.75 Å². The Hall–Kier alpha value is -4.88. The molecule has 336 valence electrons. The standard InChI is InChI=1S/C34H42ClN9O16P2/c1-2-3-8-23(45)41-18(10-12-55-19-7-5-4-6-17(19)35)33(48)60-27-20(58-31(25(27)46)44-16-40-24-29(37)38-15-39-30(24)44)13-56-61(50,51)28-21(14-57-62(52,53)54)59-32(26(28)47)43-11-9-22(36)42-34(43)49/h2,4-7,9,11,15-16,18,20-21,25-28,31-32,46-47H,1,3,8,10,12-14H2,(H,41,45)(H,50,51)(H2,36,42,49)(H2,37,38,39)(H2,52,53,54)/t18-,20+,21?,25+,26+,27+,28+,31+,32+/m0/s1. The first kappa shape index (κ1) is 46.6. The average molecular weight is 930 g/mol. The summed E-state index contributed by atoms with van der Waals surface area (Å²) < 4.78 is 60.9. The van der Waals surface area contributed by atoms with Gasteiger partial charge >= 0.3 is 27.1 Å². The summed E-state index contributed by atoms with van der Waals surface area (Å²) in [5, 5.41) is 25.9. The van der Waals surface area contributed by atoms with Gasteiger partial charge in [0.05, 0.1) is 31.2 Å². The monoisotopic (exact) mass is 929 g/mol. The van der Waals surface area contributed by atoms with Crippen molar-refractivity contribution in [1.82, 2.24) is 34.4 Å². The number of para-hydroxylation sites is 1. The molecule has 4 aromatic rings. The van der Waals surface area contributed by atoms with Gasteiger partial charge in [0.2, 0.25) is 5.91 Å². The fourth-order valence-corrected chi connectivity index (χ4v) is 8.83. The number of nitrogens with zero attached hydrogens (tertiary/aromatic N) is 6. The van der Waals surface area contributed by atoms with Gasteiger partial charge in [0, 0.05) is 19.0 Å². The van der Waals surface area contributed by atoms with E-state index in [1.807, 2.05) is 0 Å². The van der Waals surface area contributed by atoms with E-state index in [1.165, 1.54) is 17.0 Å². The van der Waals surface area contributed by atoms with E-state index < -0.39 is 101 Å². The van der Waals surface area contributed by atoms with Crippen molar-refractivity contribution in [1.29, 1.82) is 0 Å². The number of benzene rings is 1. The molecule has 0 radical (unpaired) electrons. The van der Waals surface area contributed by atoms with Crippen LogP contribution in [-0.4, -0.2) is 128 Å². The number of allylic oxidation sites excluding steroid dienone is 1. The van der Waals surface area contributed by atoms with Crippen LogP contribution in [0.1, 0.15) is 31.7 Å². The molecule has 2 aliphatic rings. The minimum Gasteiger partial charge on any atom is -0.492 e. The minimum absolute atomic E-state index is 0.0238.